The van der Waals surface area contributed by atoms with Gasteiger partial charge in [-0.15, -0.1) is 0 Å². The number of halogens is 2. The Hall–Kier alpha value is -2.19. The summed E-state index contributed by atoms with van der Waals surface area (Å²) < 4.78 is 28.8. The molecule has 2 N–H and O–H groups in total. The van der Waals surface area contributed by atoms with E-state index >= 15 is 0 Å². The standard InChI is InChI=1S/C21H25F2NO4S/c22-21(23,16-8-4-3-5-9-16)18(25)12-11-17-13-15-29-20(28)24(17)14-7-2-1-6-10-19(26)27/h2-5,7-9,11-12,17-18,25H,1,6,10,13-15H2,(H,26,27)/t17-,18+/m0/s1. The number of hydrogen-bond donors (Lipinski definition) is 2. The summed E-state index contributed by atoms with van der Waals surface area (Å²) in [7, 11) is 0. The lowest BCUT2D eigenvalue weighted by Gasteiger charge is -2.32. The summed E-state index contributed by atoms with van der Waals surface area (Å²) in [6.07, 6.45) is 5.91. The molecule has 1 aromatic rings. The first-order valence-corrected chi connectivity index (χ1v) is 10.4. The van der Waals surface area contributed by atoms with Gasteiger partial charge in [0, 0.05) is 24.3 Å². The van der Waals surface area contributed by atoms with Crippen molar-refractivity contribution in [1.82, 2.24) is 4.90 Å². The number of nitrogens with zero attached hydrogens (tertiary/aromatic N) is 1. The van der Waals surface area contributed by atoms with Gasteiger partial charge in [-0.25, -0.2) is 0 Å². The Kier molecular flexibility index (Phi) is 8.85. The maximum absolute atomic E-state index is 14.4. The largest absolute Gasteiger partial charge is 0.481 e. The van der Waals surface area contributed by atoms with Crippen molar-refractivity contribution in [3.8, 4) is 0 Å². The van der Waals surface area contributed by atoms with Crippen molar-refractivity contribution in [2.24, 2.45) is 0 Å². The van der Waals surface area contributed by atoms with Gasteiger partial charge >= 0.3 is 11.9 Å². The third-order valence-corrected chi connectivity index (χ3v) is 5.47. The highest BCUT2D eigenvalue weighted by atomic mass is 32.2. The number of aliphatic hydroxyl groups is 1. The molecule has 1 amide bonds. The average Bonchev–Trinajstić information content (AvgIpc) is 2.70. The fourth-order valence-electron chi connectivity index (χ4n) is 2.91. The summed E-state index contributed by atoms with van der Waals surface area (Å²) in [6, 6.07) is 6.75. The summed E-state index contributed by atoms with van der Waals surface area (Å²) in [6.45, 7) is 0.305. The first-order valence-electron chi connectivity index (χ1n) is 9.42. The summed E-state index contributed by atoms with van der Waals surface area (Å²) in [5.41, 5.74) is -0.270. The van der Waals surface area contributed by atoms with Gasteiger partial charge in [0.2, 0.25) is 0 Å². The Labute approximate surface area is 173 Å². The fraction of sp³-hybridized carbons (Fsp3) is 0.429. The van der Waals surface area contributed by atoms with E-state index in [0.29, 0.717) is 31.6 Å². The molecule has 0 saturated carbocycles. The van der Waals surface area contributed by atoms with E-state index in [1.54, 1.807) is 17.0 Å². The lowest BCUT2D eigenvalue weighted by Crippen LogP contribution is -2.41. The van der Waals surface area contributed by atoms with Crippen molar-refractivity contribution in [3.63, 3.8) is 0 Å². The van der Waals surface area contributed by atoms with E-state index in [1.807, 2.05) is 6.08 Å². The molecule has 0 unspecified atom stereocenters. The summed E-state index contributed by atoms with van der Waals surface area (Å²) in [4.78, 5) is 24.3. The van der Waals surface area contributed by atoms with E-state index in [1.165, 1.54) is 42.1 Å². The summed E-state index contributed by atoms with van der Waals surface area (Å²) >= 11 is 1.17. The van der Waals surface area contributed by atoms with Crippen molar-refractivity contribution in [2.75, 3.05) is 12.3 Å². The molecule has 1 fully saturated rings. The molecule has 29 heavy (non-hydrogen) atoms. The predicted octanol–water partition coefficient (Wildman–Crippen LogP) is 4.43. The van der Waals surface area contributed by atoms with Gasteiger partial charge in [0.25, 0.3) is 5.24 Å². The number of alkyl halides is 2. The summed E-state index contributed by atoms with van der Waals surface area (Å²) in [5.74, 6) is -3.70. The van der Waals surface area contributed by atoms with Crippen LogP contribution in [0.5, 0.6) is 0 Å². The van der Waals surface area contributed by atoms with Crippen LogP contribution in [0.3, 0.4) is 0 Å². The van der Waals surface area contributed by atoms with E-state index in [9.17, 15) is 23.5 Å². The molecule has 1 saturated heterocycles. The number of amides is 1. The number of carboxylic acid groups (broad SMARTS) is 1. The molecule has 2 rings (SSSR count). The topological polar surface area (TPSA) is 77.8 Å². The molecule has 158 valence electrons. The molecule has 0 aliphatic carbocycles. The van der Waals surface area contributed by atoms with Crippen molar-refractivity contribution in [3.05, 3.63) is 60.2 Å². The van der Waals surface area contributed by atoms with E-state index in [0.717, 1.165) is 6.08 Å². The quantitative estimate of drug-likeness (QED) is 0.428. The second kappa shape index (κ2) is 11.1. The van der Waals surface area contributed by atoms with E-state index in [2.05, 4.69) is 0 Å². The van der Waals surface area contributed by atoms with Crippen LogP contribution in [0.2, 0.25) is 0 Å². The predicted molar refractivity (Wildman–Crippen MR) is 109 cm³/mol. The smallest absolute Gasteiger partial charge is 0.303 e. The van der Waals surface area contributed by atoms with Gasteiger partial charge in [-0.2, -0.15) is 8.78 Å². The van der Waals surface area contributed by atoms with Crippen molar-refractivity contribution < 1.29 is 28.6 Å². The first kappa shape index (κ1) is 23.1. The monoisotopic (exact) mass is 425 g/mol. The molecular formula is C21H25F2NO4S. The molecule has 0 bridgehead atoms. The zero-order chi connectivity index (χ0) is 21.3. The third kappa shape index (κ3) is 6.97. The molecule has 0 radical (unpaired) electrons. The number of allylic oxidation sites excluding steroid dienone is 1. The van der Waals surface area contributed by atoms with Gasteiger partial charge in [-0.05, 0) is 19.3 Å². The zero-order valence-electron chi connectivity index (χ0n) is 15.9. The van der Waals surface area contributed by atoms with Gasteiger partial charge in [0.05, 0.1) is 6.04 Å². The van der Waals surface area contributed by atoms with Crippen molar-refractivity contribution in [1.29, 1.82) is 0 Å². The second-order valence-electron chi connectivity index (χ2n) is 6.70. The minimum absolute atomic E-state index is 0.0850. The number of carboxylic acids is 1. The molecular weight excluding hydrogens is 400 g/mol. The highest BCUT2D eigenvalue weighted by molar-refractivity contribution is 8.13. The van der Waals surface area contributed by atoms with E-state index in [-0.39, 0.29) is 23.3 Å². The Morgan fingerprint density at radius 1 is 1.31 bits per heavy atom. The number of hydrogen-bond acceptors (Lipinski definition) is 4. The maximum Gasteiger partial charge on any atom is 0.303 e. The van der Waals surface area contributed by atoms with Gasteiger partial charge in [0.15, 0.2) is 0 Å². The lowest BCUT2D eigenvalue weighted by molar-refractivity contribution is -0.137. The highest BCUT2D eigenvalue weighted by Gasteiger charge is 2.39. The molecule has 8 heteroatoms. The maximum atomic E-state index is 14.4. The van der Waals surface area contributed by atoms with Gasteiger partial charge < -0.3 is 15.1 Å². The number of benzene rings is 1. The molecule has 1 aromatic carbocycles. The van der Waals surface area contributed by atoms with Crippen LogP contribution in [-0.4, -0.2) is 50.8 Å². The Balaban J connectivity index is 1.97. The van der Waals surface area contributed by atoms with E-state index < -0.39 is 18.0 Å². The van der Waals surface area contributed by atoms with Crippen LogP contribution < -0.4 is 0 Å². The molecule has 5 nitrogen and oxygen atoms in total. The minimum Gasteiger partial charge on any atom is -0.481 e. The number of aliphatic hydroxyl groups excluding tert-OH is 1. The van der Waals surface area contributed by atoms with Gasteiger partial charge in [-0.1, -0.05) is 66.4 Å². The zero-order valence-corrected chi connectivity index (χ0v) is 16.7. The third-order valence-electron chi connectivity index (χ3n) is 4.55. The molecule has 1 heterocycles. The molecule has 0 aromatic heterocycles. The van der Waals surface area contributed by atoms with Crippen LogP contribution in [0.25, 0.3) is 0 Å². The molecule has 2 atom stereocenters. The minimum atomic E-state index is -3.43. The number of rotatable bonds is 10. The SMILES string of the molecule is O=C(O)CCCC=CCN1C(=O)SCC[C@@H]1C=C[C@@H](O)C(F)(F)c1ccccc1. The number of unbranched alkanes of at least 4 members (excludes halogenated alkanes) is 1. The van der Waals surface area contributed by atoms with Crippen LogP contribution in [-0.2, 0) is 10.7 Å². The van der Waals surface area contributed by atoms with Gasteiger partial charge in [-0.3, -0.25) is 9.59 Å². The summed E-state index contributed by atoms with van der Waals surface area (Å²) in [5, 5.41) is 18.5. The Morgan fingerprint density at radius 3 is 2.72 bits per heavy atom. The fourth-order valence-corrected chi connectivity index (χ4v) is 3.82. The van der Waals surface area contributed by atoms with Crippen molar-refractivity contribution >= 4 is 23.0 Å². The lowest BCUT2D eigenvalue weighted by atomic mass is 10.0. The number of aliphatic carboxylic acids is 1. The molecule has 0 spiro atoms. The molecule has 1 aliphatic rings. The number of carbonyl (C=O) groups is 2. The molecule has 1 aliphatic heterocycles. The Bertz CT molecular complexity index is 739. The van der Waals surface area contributed by atoms with Crippen LogP contribution in [0.4, 0.5) is 13.6 Å². The van der Waals surface area contributed by atoms with E-state index in [4.69, 9.17) is 5.11 Å². The normalized spacial score (nSPS) is 19.2. The van der Waals surface area contributed by atoms with Crippen LogP contribution >= 0.6 is 11.8 Å². The van der Waals surface area contributed by atoms with Crippen LogP contribution in [0.15, 0.2) is 54.6 Å². The van der Waals surface area contributed by atoms with Gasteiger partial charge in [0.1, 0.15) is 6.10 Å². The van der Waals surface area contributed by atoms with Crippen LogP contribution in [0.1, 0.15) is 31.2 Å². The van der Waals surface area contributed by atoms with Crippen molar-refractivity contribution in [2.45, 2.75) is 43.8 Å². The Morgan fingerprint density at radius 2 is 2.03 bits per heavy atom. The van der Waals surface area contributed by atoms with Crippen LogP contribution in [0, 0.1) is 0 Å². The number of thioether (sulfide) groups is 1. The number of carbonyl (C=O) groups excluding carboxylic acids is 1. The second-order valence-corrected chi connectivity index (χ2v) is 7.75. The first-order chi connectivity index (χ1) is 13.8. The highest BCUT2D eigenvalue weighted by Crippen LogP contribution is 2.33. The average molecular weight is 425 g/mol.